The third-order valence-corrected chi connectivity index (χ3v) is 4.72. The predicted molar refractivity (Wildman–Crippen MR) is 94.5 cm³/mol. The Balaban J connectivity index is 1.79. The fourth-order valence-electron chi connectivity index (χ4n) is 2.42. The monoisotopic (exact) mass is 375 g/mol. The van der Waals surface area contributed by atoms with Crippen molar-refractivity contribution in [1.29, 1.82) is 0 Å². The molecule has 0 amide bonds. The minimum Gasteiger partial charge on any atom is -0.465 e. The van der Waals surface area contributed by atoms with Crippen LogP contribution in [0.25, 0.3) is 21.5 Å². The molecule has 1 aromatic carbocycles. The molecule has 2 aliphatic heterocycles. The van der Waals surface area contributed by atoms with E-state index in [1.165, 1.54) is 35.5 Å². The Morgan fingerprint density at radius 3 is 3.04 bits per heavy atom. The van der Waals surface area contributed by atoms with Crippen LogP contribution in [0.2, 0.25) is 5.02 Å². The van der Waals surface area contributed by atoms with Crippen molar-refractivity contribution in [2.45, 2.75) is 0 Å². The number of aromatic nitrogens is 4. The number of aromatic amines is 1. The number of carbonyl (C=O) groups excluding carboxylic acids is 1. The molecule has 0 fully saturated rings. The number of benzene rings is 1. The van der Waals surface area contributed by atoms with Crippen molar-refractivity contribution in [3.05, 3.63) is 51.5 Å². The summed E-state index contributed by atoms with van der Waals surface area (Å²) < 4.78 is 7.19. The van der Waals surface area contributed by atoms with E-state index in [-0.39, 0.29) is 16.8 Å². The van der Waals surface area contributed by atoms with E-state index in [0.29, 0.717) is 10.2 Å². The van der Waals surface area contributed by atoms with Crippen LogP contribution in [-0.2, 0) is 4.74 Å². The molecule has 10 heteroatoms. The predicted octanol–water partition coefficient (Wildman–Crippen LogP) is 2.60. The first kappa shape index (κ1) is 15.6. The number of pyridine rings is 1. The van der Waals surface area contributed by atoms with Crippen LogP contribution in [0.15, 0.2) is 35.4 Å². The molecular weight excluding hydrogens is 366 g/mol. The van der Waals surface area contributed by atoms with Crippen LogP contribution in [-0.4, -0.2) is 32.9 Å². The van der Waals surface area contributed by atoms with E-state index in [9.17, 15) is 9.59 Å². The van der Waals surface area contributed by atoms with Crippen molar-refractivity contribution in [3.63, 3.8) is 0 Å². The summed E-state index contributed by atoms with van der Waals surface area (Å²) in [6.45, 7) is 0. The molecule has 2 aliphatic rings. The molecule has 3 heterocycles. The lowest BCUT2D eigenvalue weighted by Crippen LogP contribution is -2.16. The molecule has 2 aromatic rings. The van der Waals surface area contributed by atoms with Gasteiger partial charge in [-0.1, -0.05) is 22.9 Å². The van der Waals surface area contributed by atoms with Crippen molar-refractivity contribution < 1.29 is 9.53 Å². The molecule has 0 aliphatic carbocycles. The zero-order valence-electron chi connectivity index (χ0n) is 12.7. The molecule has 0 radical (unpaired) electrons. The van der Waals surface area contributed by atoms with Gasteiger partial charge in [0.25, 0.3) is 5.56 Å². The molecule has 0 atom stereocenters. The molecule has 8 nitrogen and oxygen atoms in total. The van der Waals surface area contributed by atoms with Gasteiger partial charge in [-0.2, -0.15) is 5.10 Å². The Bertz CT molecular complexity index is 1130. The zero-order chi connectivity index (χ0) is 17.6. The van der Waals surface area contributed by atoms with E-state index in [2.05, 4.69) is 20.6 Å². The van der Waals surface area contributed by atoms with E-state index in [0.717, 1.165) is 10.2 Å². The maximum Gasteiger partial charge on any atom is 0.341 e. The van der Waals surface area contributed by atoms with Gasteiger partial charge in [0.1, 0.15) is 11.3 Å². The van der Waals surface area contributed by atoms with Gasteiger partial charge in [0.15, 0.2) is 0 Å². The molecular formula is C15H10ClN5O3S. The number of nitrogens with zero attached hydrogens (tertiary/aromatic N) is 3. The fourth-order valence-corrected chi connectivity index (χ4v) is 3.43. The van der Waals surface area contributed by atoms with Gasteiger partial charge in [-0.05, 0) is 18.2 Å². The Hall–Kier alpha value is -2.91. The average molecular weight is 376 g/mol. The molecule has 0 saturated carbocycles. The van der Waals surface area contributed by atoms with Crippen molar-refractivity contribution in [2.24, 2.45) is 0 Å². The molecule has 4 rings (SSSR count). The second-order valence-electron chi connectivity index (χ2n) is 5.13. The average Bonchev–Trinajstić information content (AvgIpc) is 3.16. The first-order valence-corrected chi connectivity index (χ1v) is 8.26. The number of hydrogen-bond donors (Lipinski definition) is 2. The number of esters is 1. The summed E-state index contributed by atoms with van der Waals surface area (Å²) in [7, 11) is 1.26. The quantitative estimate of drug-likeness (QED) is 0.534. The number of thiazole rings is 1. The molecule has 0 saturated heterocycles. The minimum absolute atomic E-state index is 0.162. The molecule has 2 N–H and O–H groups in total. The minimum atomic E-state index is -0.594. The number of H-pyrrole nitrogens is 1. The van der Waals surface area contributed by atoms with Gasteiger partial charge in [-0.15, -0.1) is 0 Å². The lowest BCUT2D eigenvalue weighted by atomic mass is 10.1. The summed E-state index contributed by atoms with van der Waals surface area (Å²) in [6.07, 6.45) is 3.03. The smallest absolute Gasteiger partial charge is 0.341 e. The fraction of sp³-hybridized carbons (Fsp3) is 0.0667. The summed E-state index contributed by atoms with van der Waals surface area (Å²) in [4.78, 5) is 28.3. The molecule has 1 aromatic heterocycles. The maximum atomic E-state index is 12.0. The first-order chi connectivity index (χ1) is 12.0. The van der Waals surface area contributed by atoms with Crippen LogP contribution in [0.4, 0.5) is 5.13 Å². The number of nitrogens with one attached hydrogen (secondary N) is 2. The summed E-state index contributed by atoms with van der Waals surface area (Å²) in [5.74, 6) is -0.594. The normalized spacial score (nSPS) is 11.1. The maximum absolute atomic E-state index is 12.0. The van der Waals surface area contributed by atoms with Crippen LogP contribution in [0, 0.1) is 0 Å². The van der Waals surface area contributed by atoms with Gasteiger partial charge in [-0.25, -0.2) is 14.9 Å². The van der Waals surface area contributed by atoms with Crippen molar-refractivity contribution in [1.82, 2.24) is 19.9 Å². The topological polar surface area (TPSA) is 102 Å². The molecule has 0 spiro atoms. The summed E-state index contributed by atoms with van der Waals surface area (Å²) >= 11 is 7.39. The lowest BCUT2D eigenvalue weighted by molar-refractivity contribution is 0.0600. The second kappa shape index (κ2) is 5.87. The SMILES string of the molecule is COC(=O)c1cn(Nc2nc3cc(Cl)ccc3s2)cc2c(=O)[nH]nc1-2. The largest absolute Gasteiger partial charge is 0.465 e. The summed E-state index contributed by atoms with van der Waals surface area (Å²) in [6, 6.07) is 5.42. The second-order valence-corrected chi connectivity index (χ2v) is 6.60. The standard InChI is InChI=1S/C15H10ClN5O3S/c1-24-14(23)9-6-21(5-8-12(9)18-19-13(8)22)20-15-17-10-4-7(16)2-3-11(10)25-15/h2-6H,1H3,(H,17,20)(H,19,22). The number of fused-ring (bicyclic) bond motifs is 2. The van der Waals surface area contributed by atoms with Crippen LogP contribution < -0.4 is 11.0 Å². The van der Waals surface area contributed by atoms with Crippen LogP contribution in [0.5, 0.6) is 0 Å². The van der Waals surface area contributed by atoms with Crippen molar-refractivity contribution >= 4 is 44.3 Å². The highest BCUT2D eigenvalue weighted by Gasteiger charge is 2.22. The summed E-state index contributed by atoms with van der Waals surface area (Å²) in [5.41, 5.74) is 4.07. The van der Waals surface area contributed by atoms with E-state index < -0.39 is 11.5 Å². The van der Waals surface area contributed by atoms with E-state index in [1.54, 1.807) is 12.1 Å². The first-order valence-electron chi connectivity index (χ1n) is 7.07. The van der Waals surface area contributed by atoms with Crippen LogP contribution >= 0.6 is 22.9 Å². The Kier molecular flexibility index (Phi) is 3.66. The Morgan fingerprint density at radius 1 is 1.40 bits per heavy atom. The highest BCUT2D eigenvalue weighted by molar-refractivity contribution is 7.22. The highest BCUT2D eigenvalue weighted by atomic mass is 35.5. The number of methoxy groups -OCH3 is 1. The molecule has 25 heavy (non-hydrogen) atoms. The highest BCUT2D eigenvalue weighted by Crippen LogP contribution is 2.28. The van der Waals surface area contributed by atoms with Crippen LogP contribution in [0.3, 0.4) is 0 Å². The van der Waals surface area contributed by atoms with E-state index in [4.69, 9.17) is 16.3 Å². The van der Waals surface area contributed by atoms with Gasteiger partial charge >= 0.3 is 5.97 Å². The molecule has 126 valence electrons. The third-order valence-electron chi connectivity index (χ3n) is 3.54. The van der Waals surface area contributed by atoms with Crippen molar-refractivity contribution in [2.75, 3.05) is 12.5 Å². The number of anilines is 1. The van der Waals surface area contributed by atoms with Gasteiger partial charge in [0.2, 0.25) is 5.13 Å². The van der Waals surface area contributed by atoms with Gasteiger partial charge < -0.3 is 4.74 Å². The Labute approximate surface area is 149 Å². The van der Waals surface area contributed by atoms with E-state index in [1.807, 2.05) is 6.07 Å². The van der Waals surface area contributed by atoms with Crippen LogP contribution in [0.1, 0.15) is 10.4 Å². The molecule has 0 bridgehead atoms. The van der Waals surface area contributed by atoms with Gasteiger partial charge in [0.05, 0.1) is 22.9 Å². The Morgan fingerprint density at radius 2 is 2.24 bits per heavy atom. The lowest BCUT2D eigenvalue weighted by Gasteiger charge is -2.11. The third kappa shape index (κ3) is 2.73. The number of carbonyl (C=O) groups is 1. The van der Waals surface area contributed by atoms with Gasteiger partial charge in [-0.3, -0.25) is 14.9 Å². The van der Waals surface area contributed by atoms with Crippen molar-refractivity contribution in [3.8, 4) is 11.3 Å². The number of hydrogen-bond acceptors (Lipinski definition) is 7. The summed E-state index contributed by atoms with van der Waals surface area (Å²) in [5, 5.41) is 7.38. The zero-order valence-corrected chi connectivity index (χ0v) is 14.3. The van der Waals surface area contributed by atoms with Gasteiger partial charge in [0, 0.05) is 17.4 Å². The number of ether oxygens (including phenoxy) is 1. The number of halogens is 1. The van der Waals surface area contributed by atoms with E-state index >= 15 is 0 Å². The number of rotatable bonds is 3. The molecule has 0 unspecified atom stereocenters.